The second-order valence-electron chi connectivity index (χ2n) is 13.3. The highest BCUT2D eigenvalue weighted by Gasteiger charge is 2.66. The number of alkyl carbamates (subject to hydrolysis) is 1. The third-order valence-corrected chi connectivity index (χ3v) is 8.66. The Morgan fingerprint density at radius 3 is 1.94 bits per heavy atom. The number of rotatable bonds is 12. The molecule has 1 saturated heterocycles. The van der Waals surface area contributed by atoms with Crippen molar-refractivity contribution in [1.29, 1.82) is 0 Å². The first-order chi connectivity index (χ1) is 22.6. The average Bonchev–Trinajstić information content (AvgIpc) is 3.05. The van der Waals surface area contributed by atoms with E-state index in [-0.39, 0.29) is 32.8 Å². The fourth-order valence-corrected chi connectivity index (χ4v) is 6.39. The predicted octanol–water partition coefficient (Wildman–Crippen LogP) is 4.14. The Hall–Kier alpha value is -3.35. The van der Waals surface area contributed by atoms with E-state index in [1.165, 1.54) is 0 Å². The molecule has 1 saturated carbocycles. The second kappa shape index (κ2) is 15.7. The Morgan fingerprint density at radius 1 is 0.872 bits per heavy atom. The highest BCUT2D eigenvalue weighted by Crippen LogP contribution is 2.45. The molecule has 8 atom stereocenters. The Kier molecular flexibility index (Phi) is 11.7. The molecule has 0 aromatic heterocycles. The van der Waals surface area contributed by atoms with E-state index in [0.29, 0.717) is 6.61 Å². The van der Waals surface area contributed by atoms with Crippen LogP contribution in [0.1, 0.15) is 43.9 Å². The van der Waals surface area contributed by atoms with Crippen molar-refractivity contribution in [1.82, 2.24) is 5.32 Å². The summed E-state index contributed by atoms with van der Waals surface area (Å²) in [6.45, 7) is 5.53. The summed E-state index contributed by atoms with van der Waals surface area (Å²) in [5, 5.41) is 37.5. The lowest BCUT2D eigenvalue weighted by Crippen LogP contribution is -2.79. The number of amides is 1. The molecule has 1 amide bonds. The Labute approximate surface area is 276 Å². The molecular weight excluding hydrogens is 602 g/mol. The molecule has 2 fully saturated rings. The summed E-state index contributed by atoms with van der Waals surface area (Å²) in [7, 11) is 0. The normalized spacial score (nSPS) is 29.1. The summed E-state index contributed by atoms with van der Waals surface area (Å²) >= 11 is 0. The summed E-state index contributed by atoms with van der Waals surface area (Å²) < 4.78 is 31.4. The van der Waals surface area contributed by atoms with Gasteiger partial charge in [0.05, 0.1) is 38.6 Å². The van der Waals surface area contributed by atoms with Crippen molar-refractivity contribution in [2.24, 2.45) is 5.92 Å². The molecule has 2 aliphatic rings. The molecule has 10 heteroatoms. The van der Waals surface area contributed by atoms with Gasteiger partial charge in [-0.3, -0.25) is 0 Å². The number of carbonyl (C=O) groups is 1. The molecule has 4 N–H and O–H groups in total. The van der Waals surface area contributed by atoms with E-state index in [2.05, 4.69) is 5.32 Å². The fraction of sp³-hybridized carbons (Fsp3) is 0.486. The minimum Gasteiger partial charge on any atom is -0.444 e. The molecule has 3 aromatic rings. The van der Waals surface area contributed by atoms with Crippen molar-refractivity contribution in [3.8, 4) is 0 Å². The van der Waals surface area contributed by atoms with Crippen molar-refractivity contribution in [3.05, 3.63) is 108 Å². The number of nitrogens with one attached hydrogen (secondary N) is 1. The van der Waals surface area contributed by atoms with Crippen molar-refractivity contribution in [2.75, 3.05) is 13.2 Å². The van der Waals surface area contributed by atoms with E-state index in [4.69, 9.17) is 23.7 Å². The number of aliphatic hydroxyl groups excluding tert-OH is 2. The zero-order valence-electron chi connectivity index (χ0n) is 27.2. The van der Waals surface area contributed by atoms with Crippen molar-refractivity contribution in [2.45, 2.75) is 94.8 Å². The van der Waals surface area contributed by atoms with E-state index in [1.54, 1.807) is 20.8 Å². The largest absolute Gasteiger partial charge is 0.444 e. The van der Waals surface area contributed by atoms with Crippen molar-refractivity contribution >= 4 is 6.09 Å². The van der Waals surface area contributed by atoms with Gasteiger partial charge in [0.2, 0.25) is 0 Å². The van der Waals surface area contributed by atoms with Gasteiger partial charge < -0.3 is 44.3 Å². The first kappa shape index (κ1) is 35.0. The summed E-state index contributed by atoms with van der Waals surface area (Å²) in [5.74, 6) is -0.648. The van der Waals surface area contributed by atoms with Gasteiger partial charge in [-0.15, -0.1) is 0 Å². The van der Waals surface area contributed by atoms with Gasteiger partial charge >= 0.3 is 6.09 Å². The van der Waals surface area contributed by atoms with Crippen LogP contribution in [0, 0.1) is 5.92 Å². The maximum absolute atomic E-state index is 13.1. The van der Waals surface area contributed by atoms with Gasteiger partial charge in [0, 0.05) is 12.5 Å². The van der Waals surface area contributed by atoms with E-state index in [0.717, 1.165) is 16.7 Å². The maximum atomic E-state index is 13.1. The van der Waals surface area contributed by atoms with Crippen LogP contribution in [0.2, 0.25) is 0 Å². The summed E-state index contributed by atoms with van der Waals surface area (Å²) in [6.07, 6.45) is -6.15. The number of hydrogen-bond acceptors (Lipinski definition) is 9. The molecule has 0 radical (unpaired) electrons. The molecule has 1 aliphatic carbocycles. The van der Waals surface area contributed by atoms with Crippen molar-refractivity contribution in [3.63, 3.8) is 0 Å². The first-order valence-electron chi connectivity index (χ1n) is 16.2. The molecule has 0 spiro atoms. The van der Waals surface area contributed by atoms with E-state index in [1.807, 2.05) is 91.0 Å². The zero-order chi connectivity index (χ0) is 33.4. The number of carbonyl (C=O) groups excluding carboxylic acids is 1. The number of benzene rings is 3. The van der Waals surface area contributed by atoms with Crippen LogP contribution in [-0.4, -0.2) is 82.4 Å². The zero-order valence-corrected chi connectivity index (χ0v) is 27.2. The van der Waals surface area contributed by atoms with Gasteiger partial charge in [-0.1, -0.05) is 91.0 Å². The molecule has 0 unspecified atom stereocenters. The van der Waals surface area contributed by atoms with E-state index in [9.17, 15) is 20.1 Å². The highest BCUT2D eigenvalue weighted by atomic mass is 16.6. The standard InChI is InChI=1S/C37H47NO9/c1-36(2,3)47-35(41)38-31-28(20-39)19-30(40)37(42)33(31)46-29(24-43-21-25-13-7-4-8-14-25)32(44-22-26-15-9-5-10-16-26)34(37)45-23-27-17-11-6-12-18-27/h4-18,28-34,39-40,42H,19-24H2,1-3H3,(H,38,41)/t28-,29-,30-,31-,32-,33-,34+,37-/m1/s1. The molecule has 47 heavy (non-hydrogen) atoms. The van der Waals surface area contributed by atoms with Gasteiger partial charge in [0.15, 0.2) is 0 Å². The quantitative estimate of drug-likeness (QED) is 0.228. The predicted molar refractivity (Wildman–Crippen MR) is 174 cm³/mol. The number of fused-ring (bicyclic) bond motifs is 1. The summed E-state index contributed by atoms with van der Waals surface area (Å²) in [6, 6.07) is 27.9. The van der Waals surface area contributed by atoms with Crippen LogP contribution in [0.4, 0.5) is 4.79 Å². The van der Waals surface area contributed by atoms with Crippen LogP contribution < -0.4 is 5.32 Å². The Morgan fingerprint density at radius 2 is 1.40 bits per heavy atom. The van der Waals surface area contributed by atoms with E-state index < -0.39 is 59.8 Å². The Balaban J connectivity index is 1.50. The van der Waals surface area contributed by atoms with Crippen LogP contribution in [-0.2, 0) is 43.5 Å². The number of hydrogen-bond donors (Lipinski definition) is 4. The van der Waals surface area contributed by atoms with Gasteiger partial charge in [0.1, 0.15) is 35.6 Å². The summed E-state index contributed by atoms with van der Waals surface area (Å²) in [4.78, 5) is 13.1. The third-order valence-electron chi connectivity index (χ3n) is 8.66. The SMILES string of the molecule is CC(C)(C)OC(=O)N[C@@H]1[C@@H](CO)C[C@@H](O)[C@@]2(O)[C@@H]1O[C@H](COCc1ccccc1)[C@@H](OCc1ccccc1)[C@@H]2OCc1ccccc1. The summed E-state index contributed by atoms with van der Waals surface area (Å²) in [5.41, 5.74) is -0.0999. The van der Waals surface area contributed by atoms with Crippen LogP contribution >= 0.6 is 0 Å². The smallest absolute Gasteiger partial charge is 0.407 e. The molecule has 254 valence electrons. The van der Waals surface area contributed by atoms with Crippen LogP contribution in [0.3, 0.4) is 0 Å². The number of aliphatic hydroxyl groups is 3. The molecule has 5 rings (SSSR count). The van der Waals surface area contributed by atoms with Gasteiger partial charge in [0.25, 0.3) is 0 Å². The first-order valence-corrected chi connectivity index (χ1v) is 16.2. The fourth-order valence-electron chi connectivity index (χ4n) is 6.39. The van der Waals surface area contributed by atoms with Gasteiger partial charge in [-0.25, -0.2) is 4.79 Å². The lowest BCUT2D eigenvalue weighted by Gasteiger charge is -2.58. The lowest BCUT2D eigenvalue weighted by atomic mass is 9.66. The van der Waals surface area contributed by atoms with Gasteiger partial charge in [-0.2, -0.15) is 0 Å². The molecule has 3 aromatic carbocycles. The highest BCUT2D eigenvalue weighted by molar-refractivity contribution is 5.68. The molecule has 1 aliphatic heterocycles. The van der Waals surface area contributed by atoms with Crippen molar-refractivity contribution < 1.29 is 43.8 Å². The second-order valence-corrected chi connectivity index (χ2v) is 13.3. The molecule has 0 bridgehead atoms. The van der Waals surface area contributed by atoms with E-state index >= 15 is 0 Å². The molecule has 1 heterocycles. The van der Waals surface area contributed by atoms with Crippen LogP contribution in [0.15, 0.2) is 91.0 Å². The molecule has 10 nitrogen and oxygen atoms in total. The maximum Gasteiger partial charge on any atom is 0.407 e. The van der Waals surface area contributed by atoms with Crippen LogP contribution in [0.25, 0.3) is 0 Å². The lowest BCUT2D eigenvalue weighted by molar-refractivity contribution is -0.338. The average molecular weight is 650 g/mol. The third kappa shape index (κ3) is 8.77. The molecular formula is C37H47NO9. The Bertz CT molecular complexity index is 1390. The van der Waals surface area contributed by atoms with Gasteiger partial charge in [-0.05, 0) is 43.9 Å². The monoisotopic (exact) mass is 649 g/mol. The topological polar surface area (TPSA) is 136 Å². The minimum absolute atomic E-state index is 0.0287. The number of ether oxygens (including phenoxy) is 5. The van der Waals surface area contributed by atoms with Crippen LogP contribution in [0.5, 0.6) is 0 Å². The minimum atomic E-state index is -2.04.